The highest BCUT2D eigenvalue weighted by atomic mass is 19.1. The highest BCUT2D eigenvalue weighted by molar-refractivity contribution is 6.06. The first-order chi connectivity index (χ1) is 19.4. The van der Waals surface area contributed by atoms with Crippen LogP contribution in [0.1, 0.15) is 50.3 Å². The summed E-state index contributed by atoms with van der Waals surface area (Å²) in [5.41, 5.74) is 2.30. The number of halogens is 1. The summed E-state index contributed by atoms with van der Waals surface area (Å²) in [6.45, 7) is 3.19. The highest BCUT2D eigenvalue weighted by Gasteiger charge is 2.28. The van der Waals surface area contributed by atoms with Crippen LogP contribution in [0, 0.1) is 5.82 Å². The quantitative estimate of drug-likeness (QED) is 0.488. The van der Waals surface area contributed by atoms with Gasteiger partial charge in [0.25, 0.3) is 17.7 Å². The number of anilines is 2. The van der Waals surface area contributed by atoms with Crippen LogP contribution >= 0.6 is 0 Å². The van der Waals surface area contributed by atoms with Crippen molar-refractivity contribution in [3.8, 4) is 5.75 Å². The van der Waals surface area contributed by atoms with Gasteiger partial charge in [-0.1, -0.05) is 18.2 Å². The van der Waals surface area contributed by atoms with E-state index < -0.39 is 5.82 Å². The maximum absolute atomic E-state index is 14.2. The summed E-state index contributed by atoms with van der Waals surface area (Å²) in [5.74, 6) is -0.661. The Hall–Kier alpha value is -4.40. The Morgan fingerprint density at radius 2 is 1.45 bits per heavy atom. The molecular formula is C31H33FN4O4. The van der Waals surface area contributed by atoms with E-state index in [1.165, 1.54) is 12.1 Å². The van der Waals surface area contributed by atoms with E-state index in [1.807, 2.05) is 11.0 Å². The Kier molecular flexibility index (Phi) is 8.28. The Bertz CT molecular complexity index is 1400. The fraction of sp³-hybridized carbons (Fsp3) is 0.323. The minimum absolute atomic E-state index is 0.0630. The second-order valence-electron chi connectivity index (χ2n) is 10.0. The van der Waals surface area contributed by atoms with Crippen LogP contribution in [-0.2, 0) is 0 Å². The first-order valence-corrected chi connectivity index (χ1v) is 13.6. The summed E-state index contributed by atoms with van der Waals surface area (Å²) in [7, 11) is 1.55. The van der Waals surface area contributed by atoms with Crippen molar-refractivity contribution in [2.75, 3.05) is 56.6 Å². The van der Waals surface area contributed by atoms with Gasteiger partial charge in [0.15, 0.2) is 0 Å². The lowest BCUT2D eigenvalue weighted by Gasteiger charge is -2.37. The molecule has 2 aliphatic rings. The van der Waals surface area contributed by atoms with Crippen LogP contribution in [0.4, 0.5) is 15.8 Å². The third-order valence-corrected chi connectivity index (χ3v) is 7.47. The number of amides is 3. The molecule has 0 unspecified atom stereocenters. The highest BCUT2D eigenvalue weighted by Crippen LogP contribution is 2.29. The number of carbonyl (C=O) groups is 3. The number of piperidine rings is 1. The molecule has 0 radical (unpaired) electrons. The van der Waals surface area contributed by atoms with Crippen LogP contribution in [0.3, 0.4) is 0 Å². The second kappa shape index (κ2) is 12.2. The molecule has 9 heteroatoms. The van der Waals surface area contributed by atoms with Gasteiger partial charge in [0.2, 0.25) is 0 Å². The van der Waals surface area contributed by atoms with Gasteiger partial charge < -0.3 is 24.8 Å². The SMILES string of the molecule is COc1cccc(C(=O)Nc2ccc(N3CCN(C(=O)c4ccccc4F)CC3)c(C(=O)N3CCCCC3)c2)c1. The molecule has 1 N–H and O–H groups in total. The zero-order chi connectivity index (χ0) is 28.1. The number of nitrogens with one attached hydrogen (secondary N) is 1. The lowest BCUT2D eigenvalue weighted by Crippen LogP contribution is -2.49. The fourth-order valence-corrected chi connectivity index (χ4v) is 5.25. The summed E-state index contributed by atoms with van der Waals surface area (Å²) in [6, 6.07) is 18.3. The lowest BCUT2D eigenvalue weighted by atomic mass is 10.0. The summed E-state index contributed by atoms with van der Waals surface area (Å²) in [4.78, 5) is 45.2. The lowest BCUT2D eigenvalue weighted by molar-refractivity contribution is 0.0717. The van der Waals surface area contributed by atoms with E-state index in [0.717, 1.165) is 24.9 Å². The van der Waals surface area contributed by atoms with Gasteiger partial charge in [0, 0.05) is 56.2 Å². The zero-order valence-corrected chi connectivity index (χ0v) is 22.6. The molecule has 0 saturated carbocycles. The summed E-state index contributed by atoms with van der Waals surface area (Å²) in [6.07, 6.45) is 3.03. The third kappa shape index (κ3) is 5.93. The van der Waals surface area contributed by atoms with Crippen molar-refractivity contribution in [2.24, 2.45) is 0 Å². The molecule has 3 aromatic carbocycles. The molecule has 0 aromatic heterocycles. The minimum atomic E-state index is -0.532. The normalized spacial score (nSPS) is 15.5. The zero-order valence-electron chi connectivity index (χ0n) is 22.6. The largest absolute Gasteiger partial charge is 0.497 e. The topological polar surface area (TPSA) is 82.2 Å². The standard InChI is InChI=1S/C31H33FN4O4/c1-40-24-9-7-8-22(20-24)29(37)33-23-12-13-28(26(21-23)31(39)35-14-5-2-6-15-35)34-16-18-36(19-17-34)30(38)25-10-3-4-11-27(25)32/h3-4,7-13,20-21H,2,5-6,14-19H2,1H3,(H,33,37). The maximum Gasteiger partial charge on any atom is 0.256 e. The average molecular weight is 545 g/mol. The molecule has 2 aliphatic heterocycles. The number of methoxy groups -OCH3 is 1. The van der Waals surface area contributed by atoms with Gasteiger partial charge in [-0.05, 0) is 67.8 Å². The fourth-order valence-electron chi connectivity index (χ4n) is 5.25. The van der Waals surface area contributed by atoms with Gasteiger partial charge in [-0.15, -0.1) is 0 Å². The Morgan fingerprint density at radius 1 is 0.750 bits per heavy atom. The predicted octanol–water partition coefficient (Wildman–Crippen LogP) is 4.68. The van der Waals surface area contributed by atoms with E-state index in [-0.39, 0.29) is 23.3 Å². The molecule has 2 heterocycles. The number of carbonyl (C=O) groups excluding carboxylic acids is 3. The summed E-state index contributed by atoms with van der Waals surface area (Å²) in [5, 5.41) is 2.91. The second-order valence-corrected chi connectivity index (χ2v) is 10.0. The van der Waals surface area contributed by atoms with Gasteiger partial charge >= 0.3 is 0 Å². The van der Waals surface area contributed by atoms with E-state index >= 15 is 0 Å². The molecule has 0 bridgehead atoms. The van der Waals surface area contributed by atoms with Crippen LogP contribution in [0.15, 0.2) is 66.7 Å². The van der Waals surface area contributed by atoms with Crippen LogP contribution < -0.4 is 15.0 Å². The number of rotatable bonds is 6. The Balaban J connectivity index is 1.36. The molecule has 8 nitrogen and oxygen atoms in total. The van der Waals surface area contributed by atoms with Gasteiger partial charge in [0.1, 0.15) is 11.6 Å². The average Bonchev–Trinajstić information content (AvgIpc) is 3.01. The van der Waals surface area contributed by atoms with Crippen molar-refractivity contribution in [3.63, 3.8) is 0 Å². The number of hydrogen-bond donors (Lipinski definition) is 1. The van der Waals surface area contributed by atoms with Gasteiger partial charge in [-0.3, -0.25) is 14.4 Å². The van der Waals surface area contributed by atoms with Gasteiger partial charge in [-0.2, -0.15) is 0 Å². The van der Waals surface area contributed by atoms with E-state index in [9.17, 15) is 18.8 Å². The van der Waals surface area contributed by atoms with Crippen molar-refractivity contribution in [2.45, 2.75) is 19.3 Å². The molecule has 5 rings (SSSR count). The van der Waals surface area contributed by atoms with E-state index in [0.29, 0.717) is 61.8 Å². The molecule has 0 aliphatic carbocycles. The third-order valence-electron chi connectivity index (χ3n) is 7.47. The molecule has 3 aromatic rings. The maximum atomic E-state index is 14.2. The van der Waals surface area contributed by atoms with Crippen molar-refractivity contribution >= 4 is 29.1 Å². The van der Waals surface area contributed by atoms with Crippen LogP contribution in [0.25, 0.3) is 0 Å². The Labute approximate surface area is 233 Å². The van der Waals surface area contributed by atoms with Gasteiger partial charge in [-0.25, -0.2) is 4.39 Å². The smallest absolute Gasteiger partial charge is 0.256 e. The minimum Gasteiger partial charge on any atom is -0.497 e. The molecule has 3 amide bonds. The van der Waals surface area contributed by atoms with Crippen LogP contribution in [0.5, 0.6) is 5.75 Å². The summed E-state index contributed by atoms with van der Waals surface area (Å²) < 4.78 is 19.4. The predicted molar refractivity (Wildman–Crippen MR) is 152 cm³/mol. The van der Waals surface area contributed by atoms with Crippen LogP contribution in [-0.4, -0.2) is 73.9 Å². The van der Waals surface area contributed by atoms with Gasteiger partial charge in [0.05, 0.1) is 18.2 Å². The number of piperazine rings is 1. The molecule has 0 spiro atoms. The number of nitrogens with zero attached hydrogens (tertiary/aromatic N) is 3. The van der Waals surface area contributed by atoms with Crippen LogP contribution in [0.2, 0.25) is 0 Å². The monoisotopic (exact) mass is 544 g/mol. The summed E-state index contributed by atoms with van der Waals surface area (Å²) >= 11 is 0. The molecule has 208 valence electrons. The first kappa shape index (κ1) is 27.2. The van der Waals surface area contributed by atoms with Crippen molar-refractivity contribution in [1.82, 2.24) is 9.80 Å². The van der Waals surface area contributed by atoms with E-state index in [2.05, 4.69) is 10.2 Å². The van der Waals surface area contributed by atoms with E-state index in [1.54, 1.807) is 60.5 Å². The Morgan fingerprint density at radius 3 is 2.17 bits per heavy atom. The van der Waals surface area contributed by atoms with E-state index in [4.69, 9.17) is 4.74 Å². The van der Waals surface area contributed by atoms with Crippen molar-refractivity contribution < 1.29 is 23.5 Å². The first-order valence-electron chi connectivity index (χ1n) is 13.6. The molecule has 0 atom stereocenters. The number of hydrogen-bond acceptors (Lipinski definition) is 5. The molecular weight excluding hydrogens is 511 g/mol. The number of benzene rings is 3. The number of ether oxygens (including phenoxy) is 1. The number of likely N-dealkylation sites (tertiary alicyclic amines) is 1. The molecule has 40 heavy (non-hydrogen) atoms. The van der Waals surface area contributed by atoms with Crippen molar-refractivity contribution in [3.05, 3.63) is 89.2 Å². The van der Waals surface area contributed by atoms with Crippen molar-refractivity contribution in [1.29, 1.82) is 0 Å². The molecule has 2 saturated heterocycles. The molecule has 2 fully saturated rings.